The molecule has 0 bridgehead atoms. The van der Waals surface area contributed by atoms with Gasteiger partial charge in [0.25, 0.3) is 5.91 Å². The van der Waals surface area contributed by atoms with E-state index in [1.165, 1.54) is 12.1 Å². The maximum atomic E-state index is 13.5. The van der Waals surface area contributed by atoms with Crippen LogP contribution in [0.4, 0.5) is 10.1 Å². The van der Waals surface area contributed by atoms with E-state index in [4.69, 9.17) is 4.42 Å². The van der Waals surface area contributed by atoms with Crippen molar-refractivity contribution in [1.82, 2.24) is 5.32 Å². The molecule has 4 nitrogen and oxygen atoms in total. The van der Waals surface area contributed by atoms with Crippen molar-refractivity contribution in [3.63, 3.8) is 0 Å². The minimum absolute atomic E-state index is 0.190. The van der Waals surface area contributed by atoms with Crippen LogP contribution in [0, 0.1) is 12.7 Å². The van der Waals surface area contributed by atoms with Gasteiger partial charge in [0.05, 0.1) is 17.8 Å². The normalized spacial score (nSPS) is 10.3. The van der Waals surface area contributed by atoms with Crippen molar-refractivity contribution in [2.45, 2.75) is 13.5 Å². The second-order valence-corrected chi connectivity index (χ2v) is 4.11. The van der Waals surface area contributed by atoms with Gasteiger partial charge in [-0.3, -0.25) is 4.79 Å². The fraction of sp³-hybridized carbons (Fsp3) is 0.214. The van der Waals surface area contributed by atoms with Crippen LogP contribution in [-0.4, -0.2) is 13.0 Å². The van der Waals surface area contributed by atoms with Crippen LogP contribution in [0.15, 0.2) is 34.7 Å². The zero-order valence-electron chi connectivity index (χ0n) is 10.8. The Kier molecular flexibility index (Phi) is 3.85. The van der Waals surface area contributed by atoms with Crippen LogP contribution in [-0.2, 0) is 6.54 Å². The average Bonchev–Trinajstić information content (AvgIpc) is 2.81. The van der Waals surface area contributed by atoms with Crippen molar-refractivity contribution in [1.29, 1.82) is 0 Å². The molecule has 1 heterocycles. The summed E-state index contributed by atoms with van der Waals surface area (Å²) in [6, 6.07) is 7.99. The molecule has 19 heavy (non-hydrogen) atoms. The van der Waals surface area contributed by atoms with E-state index >= 15 is 0 Å². The topological polar surface area (TPSA) is 54.3 Å². The first-order chi connectivity index (χ1) is 9.11. The van der Waals surface area contributed by atoms with Crippen LogP contribution in [0.2, 0.25) is 0 Å². The Hall–Kier alpha value is -2.30. The molecule has 0 radical (unpaired) electrons. The van der Waals surface area contributed by atoms with Crippen LogP contribution < -0.4 is 10.6 Å². The molecule has 1 amide bonds. The van der Waals surface area contributed by atoms with E-state index in [9.17, 15) is 9.18 Å². The minimum Gasteiger partial charge on any atom is -0.465 e. The summed E-state index contributed by atoms with van der Waals surface area (Å²) in [6.07, 6.45) is 0. The van der Waals surface area contributed by atoms with Crippen molar-refractivity contribution in [2.24, 2.45) is 0 Å². The van der Waals surface area contributed by atoms with E-state index in [1.54, 1.807) is 19.2 Å². The summed E-state index contributed by atoms with van der Waals surface area (Å²) in [5.74, 6) is 0.640. The summed E-state index contributed by atoms with van der Waals surface area (Å²) in [5, 5.41) is 5.38. The Labute approximate surface area is 110 Å². The monoisotopic (exact) mass is 262 g/mol. The SMILES string of the molecule is CNc1c(F)cccc1C(=O)NCc1ccc(C)o1. The van der Waals surface area contributed by atoms with Crippen LogP contribution in [0.1, 0.15) is 21.9 Å². The predicted octanol–water partition coefficient (Wildman–Crippen LogP) is 2.70. The Morgan fingerprint density at radius 1 is 1.32 bits per heavy atom. The van der Waals surface area contributed by atoms with Gasteiger partial charge in [0.2, 0.25) is 0 Å². The van der Waals surface area contributed by atoms with E-state index in [0.717, 1.165) is 5.76 Å². The van der Waals surface area contributed by atoms with Crippen LogP contribution in [0.25, 0.3) is 0 Å². The standard InChI is InChI=1S/C14H15FN2O2/c1-9-6-7-10(19-9)8-17-14(18)11-4-3-5-12(15)13(11)16-2/h3-7,16H,8H2,1-2H3,(H,17,18). The third kappa shape index (κ3) is 2.93. The fourth-order valence-electron chi connectivity index (χ4n) is 1.81. The van der Waals surface area contributed by atoms with E-state index in [-0.39, 0.29) is 23.7 Å². The average molecular weight is 262 g/mol. The van der Waals surface area contributed by atoms with Gasteiger partial charge >= 0.3 is 0 Å². The highest BCUT2D eigenvalue weighted by Gasteiger charge is 2.14. The van der Waals surface area contributed by atoms with Gasteiger partial charge in [0.1, 0.15) is 17.3 Å². The van der Waals surface area contributed by atoms with Crippen LogP contribution >= 0.6 is 0 Å². The van der Waals surface area contributed by atoms with Crippen molar-refractivity contribution in [3.8, 4) is 0 Å². The second-order valence-electron chi connectivity index (χ2n) is 4.11. The number of hydrogen-bond acceptors (Lipinski definition) is 3. The van der Waals surface area contributed by atoms with Crippen LogP contribution in [0.5, 0.6) is 0 Å². The fourth-order valence-corrected chi connectivity index (χ4v) is 1.81. The first kappa shape index (κ1) is 13.1. The van der Waals surface area contributed by atoms with E-state index in [2.05, 4.69) is 10.6 Å². The number of anilines is 1. The molecule has 0 saturated heterocycles. The summed E-state index contributed by atoms with van der Waals surface area (Å²) in [6.45, 7) is 2.10. The molecule has 2 aromatic rings. The summed E-state index contributed by atoms with van der Waals surface area (Å²) < 4.78 is 18.9. The Bertz CT molecular complexity index is 593. The van der Waals surface area contributed by atoms with Gasteiger partial charge in [-0.25, -0.2) is 4.39 Å². The molecule has 0 unspecified atom stereocenters. The molecule has 0 aliphatic heterocycles. The van der Waals surface area contributed by atoms with Gasteiger partial charge in [0.15, 0.2) is 0 Å². The van der Waals surface area contributed by atoms with Gasteiger partial charge in [-0.1, -0.05) is 6.07 Å². The number of carbonyl (C=O) groups is 1. The summed E-state index contributed by atoms with van der Waals surface area (Å²) >= 11 is 0. The first-order valence-corrected chi connectivity index (χ1v) is 5.91. The minimum atomic E-state index is -0.455. The number of nitrogens with one attached hydrogen (secondary N) is 2. The molecule has 2 rings (SSSR count). The lowest BCUT2D eigenvalue weighted by Crippen LogP contribution is -2.23. The van der Waals surface area contributed by atoms with Gasteiger partial charge in [0, 0.05) is 7.05 Å². The Balaban J connectivity index is 2.10. The van der Waals surface area contributed by atoms with E-state index in [0.29, 0.717) is 5.76 Å². The number of para-hydroxylation sites is 1. The van der Waals surface area contributed by atoms with Gasteiger partial charge in [-0.2, -0.15) is 0 Å². The number of furan rings is 1. The maximum absolute atomic E-state index is 13.5. The molecule has 1 aromatic heterocycles. The van der Waals surface area contributed by atoms with Crippen molar-refractivity contribution in [2.75, 3.05) is 12.4 Å². The molecular weight excluding hydrogens is 247 g/mol. The molecule has 0 saturated carbocycles. The summed E-state index contributed by atoms with van der Waals surface area (Å²) in [5.41, 5.74) is 0.460. The molecule has 0 fully saturated rings. The molecule has 0 spiro atoms. The first-order valence-electron chi connectivity index (χ1n) is 5.91. The lowest BCUT2D eigenvalue weighted by molar-refractivity contribution is 0.0948. The smallest absolute Gasteiger partial charge is 0.253 e. The van der Waals surface area contributed by atoms with Gasteiger partial charge < -0.3 is 15.1 Å². The molecular formula is C14H15FN2O2. The van der Waals surface area contributed by atoms with Crippen molar-refractivity contribution >= 4 is 11.6 Å². The molecule has 0 aliphatic carbocycles. The van der Waals surface area contributed by atoms with Crippen molar-refractivity contribution < 1.29 is 13.6 Å². The zero-order valence-corrected chi connectivity index (χ0v) is 10.8. The van der Waals surface area contributed by atoms with Crippen LogP contribution in [0.3, 0.4) is 0 Å². The lowest BCUT2D eigenvalue weighted by atomic mass is 10.1. The largest absolute Gasteiger partial charge is 0.465 e. The lowest BCUT2D eigenvalue weighted by Gasteiger charge is -2.09. The quantitative estimate of drug-likeness (QED) is 0.890. The molecule has 1 aromatic carbocycles. The van der Waals surface area contributed by atoms with E-state index < -0.39 is 5.82 Å². The number of hydrogen-bond donors (Lipinski definition) is 2. The number of amides is 1. The summed E-state index contributed by atoms with van der Waals surface area (Å²) in [4.78, 5) is 12.0. The van der Waals surface area contributed by atoms with Gasteiger partial charge in [-0.05, 0) is 31.2 Å². The number of rotatable bonds is 4. The zero-order chi connectivity index (χ0) is 13.8. The predicted molar refractivity (Wildman–Crippen MR) is 70.6 cm³/mol. The maximum Gasteiger partial charge on any atom is 0.253 e. The Morgan fingerprint density at radius 2 is 2.11 bits per heavy atom. The number of aryl methyl sites for hydroxylation is 1. The van der Waals surface area contributed by atoms with Crippen molar-refractivity contribution in [3.05, 3.63) is 53.2 Å². The summed E-state index contributed by atoms with van der Waals surface area (Å²) in [7, 11) is 1.57. The Morgan fingerprint density at radius 3 is 2.74 bits per heavy atom. The third-order valence-electron chi connectivity index (χ3n) is 2.73. The highest BCUT2D eigenvalue weighted by Crippen LogP contribution is 2.19. The molecule has 0 aliphatic rings. The number of halogens is 1. The highest BCUT2D eigenvalue weighted by molar-refractivity contribution is 5.99. The number of carbonyl (C=O) groups excluding carboxylic acids is 1. The van der Waals surface area contributed by atoms with E-state index in [1.807, 2.05) is 13.0 Å². The third-order valence-corrected chi connectivity index (χ3v) is 2.73. The highest BCUT2D eigenvalue weighted by atomic mass is 19.1. The molecule has 0 atom stereocenters. The molecule has 5 heteroatoms. The number of benzene rings is 1. The van der Waals surface area contributed by atoms with Gasteiger partial charge in [-0.15, -0.1) is 0 Å². The molecule has 100 valence electrons. The second kappa shape index (κ2) is 5.56. The molecule has 2 N–H and O–H groups in total.